The molecule has 76 valence electrons. The van der Waals surface area contributed by atoms with Crippen LogP contribution in [0.2, 0.25) is 0 Å². The number of primary amides is 1. The second-order valence-electron chi connectivity index (χ2n) is 2.55. The van der Waals surface area contributed by atoms with Crippen LogP contribution in [0.1, 0.15) is 10.4 Å². The van der Waals surface area contributed by atoms with Crippen molar-refractivity contribution in [3.05, 3.63) is 23.5 Å². The molecule has 5 heteroatoms. The van der Waals surface area contributed by atoms with Gasteiger partial charge in [0.1, 0.15) is 5.75 Å². The molecule has 0 radical (unpaired) electrons. The molecular formula is C9H10FNO3. The molecule has 4 nitrogen and oxygen atoms in total. The summed E-state index contributed by atoms with van der Waals surface area (Å²) in [5.74, 6) is -1.39. The van der Waals surface area contributed by atoms with E-state index in [2.05, 4.69) is 0 Å². The first-order valence-corrected chi connectivity index (χ1v) is 3.81. The predicted octanol–water partition coefficient (Wildman–Crippen LogP) is 0.942. The van der Waals surface area contributed by atoms with E-state index >= 15 is 0 Å². The highest BCUT2D eigenvalue weighted by Gasteiger charge is 2.15. The smallest absolute Gasteiger partial charge is 0.252 e. The number of carbonyl (C=O) groups is 1. The molecule has 0 bridgehead atoms. The number of benzene rings is 1. The standard InChI is InChI=1S/C9H10FNO3/c1-13-5-3-6(9(11)12)8(14-2)7(10)4-5/h3-4H,1-2H3,(H2,11,12). The zero-order valence-electron chi connectivity index (χ0n) is 7.83. The van der Waals surface area contributed by atoms with Gasteiger partial charge in [0.25, 0.3) is 5.91 Å². The van der Waals surface area contributed by atoms with Crippen molar-refractivity contribution in [3.63, 3.8) is 0 Å². The Bertz CT molecular complexity index is 365. The fourth-order valence-electron chi connectivity index (χ4n) is 1.08. The van der Waals surface area contributed by atoms with E-state index in [9.17, 15) is 9.18 Å². The van der Waals surface area contributed by atoms with Crippen molar-refractivity contribution in [1.29, 1.82) is 0 Å². The van der Waals surface area contributed by atoms with Crippen molar-refractivity contribution < 1.29 is 18.7 Å². The van der Waals surface area contributed by atoms with Crippen LogP contribution in [-0.2, 0) is 0 Å². The van der Waals surface area contributed by atoms with E-state index < -0.39 is 11.7 Å². The Morgan fingerprint density at radius 3 is 2.43 bits per heavy atom. The van der Waals surface area contributed by atoms with Crippen LogP contribution in [0.5, 0.6) is 11.5 Å². The van der Waals surface area contributed by atoms with Crippen LogP contribution < -0.4 is 15.2 Å². The molecule has 2 N–H and O–H groups in total. The van der Waals surface area contributed by atoms with Crippen molar-refractivity contribution in [2.24, 2.45) is 5.73 Å². The molecule has 1 aromatic carbocycles. The zero-order chi connectivity index (χ0) is 10.7. The summed E-state index contributed by atoms with van der Waals surface area (Å²) in [6, 6.07) is 2.44. The summed E-state index contributed by atoms with van der Waals surface area (Å²) in [7, 11) is 2.63. The Morgan fingerprint density at radius 1 is 1.36 bits per heavy atom. The molecule has 0 saturated heterocycles. The maximum Gasteiger partial charge on any atom is 0.252 e. The van der Waals surface area contributed by atoms with Gasteiger partial charge in [-0.1, -0.05) is 0 Å². The van der Waals surface area contributed by atoms with E-state index in [-0.39, 0.29) is 17.1 Å². The normalized spacial score (nSPS) is 9.64. The highest BCUT2D eigenvalue weighted by molar-refractivity contribution is 5.96. The topological polar surface area (TPSA) is 61.6 Å². The van der Waals surface area contributed by atoms with Crippen LogP contribution in [0.3, 0.4) is 0 Å². The maximum atomic E-state index is 13.2. The molecule has 1 amide bonds. The van der Waals surface area contributed by atoms with Crippen molar-refractivity contribution in [1.82, 2.24) is 0 Å². The van der Waals surface area contributed by atoms with Gasteiger partial charge in [-0.2, -0.15) is 0 Å². The van der Waals surface area contributed by atoms with E-state index in [0.29, 0.717) is 0 Å². The lowest BCUT2D eigenvalue weighted by Crippen LogP contribution is -2.13. The van der Waals surface area contributed by atoms with Crippen molar-refractivity contribution in [2.45, 2.75) is 0 Å². The molecule has 0 saturated carbocycles. The monoisotopic (exact) mass is 199 g/mol. The van der Waals surface area contributed by atoms with Crippen LogP contribution in [0.4, 0.5) is 4.39 Å². The van der Waals surface area contributed by atoms with E-state index in [1.165, 1.54) is 20.3 Å². The molecule has 0 spiro atoms. The predicted molar refractivity (Wildman–Crippen MR) is 48.0 cm³/mol. The van der Waals surface area contributed by atoms with Gasteiger partial charge >= 0.3 is 0 Å². The van der Waals surface area contributed by atoms with E-state index in [1.54, 1.807) is 0 Å². The SMILES string of the molecule is COc1cc(F)c(OC)c(C(N)=O)c1. The Balaban J connectivity index is 3.35. The number of hydrogen-bond acceptors (Lipinski definition) is 3. The number of carbonyl (C=O) groups excluding carboxylic acids is 1. The lowest BCUT2D eigenvalue weighted by atomic mass is 10.1. The molecule has 0 aliphatic carbocycles. The van der Waals surface area contributed by atoms with Crippen LogP contribution in [0.25, 0.3) is 0 Å². The molecule has 1 rings (SSSR count). The van der Waals surface area contributed by atoms with E-state index in [4.69, 9.17) is 15.2 Å². The third-order valence-corrected chi connectivity index (χ3v) is 1.72. The van der Waals surface area contributed by atoms with Gasteiger partial charge in [0.2, 0.25) is 0 Å². The highest BCUT2D eigenvalue weighted by Crippen LogP contribution is 2.27. The number of nitrogens with two attached hydrogens (primary N) is 1. The largest absolute Gasteiger partial charge is 0.497 e. The lowest BCUT2D eigenvalue weighted by molar-refractivity contribution is 0.0996. The minimum Gasteiger partial charge on any atom is -0.497 e. The van der Waals surface area contributed by atoms with Crippen LogP contribution in [0, 0.1) is 5.82 Å². The highest BCUT2D eigenvalue weighted by atomic mass is 19.1. The first-order chi connectivity index (χ1) is 6.60. The first kappa shape index (κ1) is 10.3. The summed E-state index contributed by atoms with van der Waals surface area (Å²) in [5, 5.41) is 0. The molecule has 0 heterocycles. The number of amides is 1. The quantitative estimate of drug-likeness (QED) is 0.788. The fourth-order valence-corrected chi connectivity index (χ4v) is 1.08. The maximum absolute atomic E-state index is 13.2. The Labute approximate surface area is 80.4 Å². The molecule has 0 unspecified atom stereocenters. The second kappa shape index (κ2) is 3.95. The number of methoxy groups -OCH3 is 2. The van der Waals surface area contributed by atoms with Gasteiger partial charge in [-0.25, -0.2) is 4.39 Å². The third kappa shape index (κ3) is 1.76. The van der Waals surface area contributed by atoms with Crippen LogP contribution >= 0.6 is 0 Å². The van der Waals surface area contributed by atoms with Gasteiger partial charge in [-0.05, 0) is 6.07 Å². The Kier molecular flexibility index (Phi) is 2.91. The minimum absolute atomic E-state index is 0.0376. The fraction of sp³-hybridized carbons (Fsp3) is 0.222. The number of rotatable bonds is 3. The summed E-state index contributed by atoms with van der Waals surface area (Å²) in [6.07, 6.45) is 0. The molecule has 0 atom stereocenters. The third-order valence-electron chi connectivity index (χ3n) is 1.72. The number of halogens is 1. The average Bonchev–Trinajstić information content (AvgIpc) is 2.16. The molecule has 0 aromatic heterocycles. The van der Waals surface area contributed by atoms with Crippen molar-refractivity contribution in [2.75, 3.05) is 14.2 Å². The molecule has 1 aromatic rings. The molecule has 0 fully saturated rings. The van der Waals surface area contributed by atoms with Gasteiger partial charge in [0.15, 0.2) is 11.6 Å². The second-order valence-corrected chi connectivity index (χ2v) is 2.55. The number of hydrogen-bond donors (Lipinski definition) is 1. The Hall–Kier alpha value is -1.78. The minimum atomic E-state index is -0.764. The zero-order valence-corrected chi connectivity index (χ0v) is 7.83. The first-order valence-electron chi connectivity index (χ1n) is 3.81. The van der Waals surface area contributed by atoms with Gasteiger partial charge in [-0.3, -0.25) is 4.79 Å². The summed E-state index contributed by atoms with van der Waals surface area (Å²) in [6.45, 7) is 0. The van der Waals surface area contributed by atoms with Crippen LogP contribution in [0.15, 0.2) is 12.1 Å². The van der Waals surface area contributed by atoms with Crippen molar-refractivity contribution in [3.8, 4) is 11.5 Å². The average molecular weight is 199 g/mol. The van der Waals surface area contributed by atoms with Gasteiger partial charge in [-0.15, -0.1) is 0 Å². The van der Waals surface area contributed by atoms with Crippen LogP contribution in [-0.4, -0.2) is 20.1 Å². The van der Waals surface area contributed by atoms with Gasteiger partial charge in [0, 0.05) is 6.07 Å². The lowest BCUT2D eigenvalue weighted by Gasteiger charge is -2.08. The summed E-state index contributed by atoms with van der Waals surface area (Å²) >= 11 is 0. The van der Waals surface area contributed by atoms with E-state index in [0.717, 1.165) is 6.07 Å². The van der Waals surface area contributed by atoms with E-state index in [1.807, 2.05) is 0 Å². The summed E-state index contributed by atoms with van der Waals surface area (Å²) in [5.41, 5.74) is 5.00. The van der Waals surface area contributed by atoms with Gasteiger partial charge in [0.05, 0.1) is 19.8 Å². The van der Waals surface area contributed by atoms with Crippen molar-refractivity contribution >= 4 is 5.91 Å². The number of ether oxygens (including phenoxy) is 2. The molecule has 0 aliphatic heterocycles. The summed E-state index contributed by atoms with van der Waals surface area (Å²) in [4.78, 5) is 10.9. The van der Waals surface area contributed by atoms with Gasteiger partial charge < -0.3 is 15.2 Å². The summed E-state index contributed by atoms with van der Waals surface area (Å²) < 4.78 is 22.7. The molecule has 0 aliphatic rings. The Morgan fingerprint density at radius 2 is 2.00 bits per heavy atom. The molecule has 14 heavy (non-hydrogen) atoms. The molecular weight excluding hydrogens is 189 g/mol.